The van der Waals surface area contributed by atoms with E-state index < -0.39 is 10.0 Å². The molecule has 0 aliphatic carbocycles. The van der Waals surface area contributed by atoms with Gasteiger partial charge in [-0.15, -0.1) is 0 Å². The van der Waals surface area contributed by atoms with E-state index in [2.05, 4.69) is 17.1 Å². The van der Waals surface area contributed by atoms with Crippen LogP contribution in [0.3, 0.4) is 0 Å². The first-order chi connectivity index (χ1) is 8.80. The molecule has 0 unspecified atom stereocenters. The highest BCUT2D eigenvalue weighted by Crippen LogP contribution is 2.33. The summed E-state index contributed by atoms with van der Waals surface area (Å²) in [5.74, 6) is 0. The number of hydrogen-bond acceptors (Lipinski definition) is 4. The van der Waals surface area contributed by atoms with E-state index >= 15 is 0 Å². The van der Waals surface area contributed by atoms with Crippen molar-refractivity contribution in [1.29, 1.82) is 0 Å². The molecule has 0 saturated carbocycles. The lowest BCUT2D eigenvalue weighted by Gasteiger charge is -2.37. The maximum atomic E-state index is 12.6. The van der Waals surface area contributed by atoms with Gasteiger partial charge in [0, 0.05) is 13.1 Å². The van der Waals surface area contributed by atoms with Crippen LogP contribution in [0.1, 0.15) is 31.2 Å². The van der Waals surface area contributed by atoms with Gasteiger partial charge in [-0.25, -0.2) is 8.42 Å². The van der Waals surface area contributed by atoms with E-state index in [0.29, 0.717) is 35.9 Å². The van der Waals surface area contributed by atoms with E-state index in [1.165, 1.54) is 0 Å². The van der Waals surface area contributed by atoms with Gasteiger partial charge in [0.1, 0.15) is 4.90 Å². The number of aryl methyl sites for hydroxylation is 2. The van der Waals surface area contributed by atoms with Crippen LogP contribution in [-0.4, -0.2) is 42.6 Å². The summed E-state index contributed by atoms with van der Waals surface area (Å²) in [4.78, 5) is 0.323. The summed E-state index contributed by atoms with van der Waals surface area (Å²) in [6, 6.07) is 0. The Morgan fingerprint density at radius 3 is 2.37 bits per heavy atom. The second-order valence-electron chi connectivity index (χ2n) is 5.68. The molecule has 0 radical (unpaired) electrons. The Morgan fingerprint density at radius 1 is 1.37 bits per heavy atom. The van der Waals surface area contributed by atoms with Gasteiger partial charge in [0.2, 0.25) is 10.0 Å². The summed E-state index contributed by atoms with van der Waals surface area (Å²) in [6.45, 7) is 7.22. The standard InChI is InChI=1S/C12H22N4O2S/c1-9-11(10(2)15-14-9)19(17,18)16-6-4-12(3,8-13)5-7-16/h4-8,13H2,1-3H3,(H,14,15). The number of H-pyrrole nitrogens is 1. The van der Waals surface area contributed by atoms with Crippen LogP contribution in [0.2, 0.25) is 0 Å². The summed E-state index contributed by atoms with van der Waals surface area (Å²) in [5.41, 5.74) is 6.95. The largest absolute Gasteiger partial charge is 0.330 e. The molecule has 1 aliphatic rings. The molecular weight excluding hydrogens is 264 g/mol. The summed E-state index contributed by atoms with van der Waals surface area (Å²) in [5, 5.41) is 6.70. The van der Waals surface area contributed by atoms with Gasteiger partial charge in [-0.1, -0.05) is 6.92 Å². The minimum Gasteiger partial charge on any atom is -0.330 e. The minimum absolute atomic E-state index is 0.0620. The van der Waals surface area contributed by atoms with Crippen LogP contribution in [0, 0.1) is 19.3 Å². The molecule has 3 N–H and O–H groups in total. The second kappa shape index (κ2) is 4.88. The Bertz CT molecular complexity index is 537. The molecule has 2 rings (SSSR count). The number of aromatic nitrogens is 2. The third-order valence-corrected chi connectivity index (χ3v) is 6.24. The Morgan fingerprint density at radius 2 is 1.95 bits per heavy atom. The highest BCUT2D eigenvalue weighted by Gasteiger charge is 2.36. The molecule has 6 nitrogen and oxygen atoms in total. The Hall–Kier alpha value is -0.920. The van der Waals surface area contributed by atoms with Crippen molar-refractivity contribution in [3.63, 3.8) is 0 Å². The van der Waals surface area contributed by atoms with Crippen LogP contribution in [-0.2, 0) is 10.0 Å². The van der Waals surface area contributed by atoms with E-state index in [1.807, 2.05) is 0 Å². The zero-order valence-electron chi connectivity index (χ0n) is 11.7. The lowest BCUT2D eigenvalue weighted by Crippen LogP contribution is -2.44. The normalized spacial score (nSPS) is 20.6. The number of nitrogens with two attached hydrogens (primary N) is 1. The Kier molecular flexibility index (Phi) is 3.72. The van der Waals surface area contributed by atoms with Crippen molar-refractivity contribution in [2.75, 3.05) is 19.6 Å². The number of aromatic amines is 1. The summed E-state index contributed by atoms with van der Waals surface area (Å²) >= 11 is 0. The van der Waals surface area contributed by atoms with E-state index in [9.17, 15) is 8.42 Å². The fraction of sp³-hybridized carbons (Fsp3) is 0.750. The van der Waals surface area contributed by atoms with Crippen LogP contribution >= 0.6 is 0 Å². The molecule has 19 heavy (non-hydrogen) atoms. The SMILES string of the molecule is Cc1n[nH]c(C)c1S(=O)(=O)N1CCC(C)(CN)CC1. The van der Waals surface area contributed by atoms with E-state index in [0.717, 1.165) is 12.8 Å². The molecule has 2 heterocycles. The van der Waals surface area contributed by atoms with Crippen LogP contribution in [0.5, 0.6) is 0 Å². The predicted octanol–water partition coefficient (Wildman–Crippen LogP) is 0.776. The molecular formula is C12H22N4O2S. The minimum atomic E-state index is -3.44. The molecule has 1 fully saturated rings. The van der Waals surface area contributed by atoms with Crippen molar-refractivity contribution >= 4 is 10.0 Å². The number of rotatable bonds is 3. The average Bonchev–Trinajstić information content (AvgIpc) is 2.70. The first-order valence-corrected chi connectivity index (χ1v) is 7.96. The van der Waals surface area contributed by atoms with Crippen LogP contribution in [0.25, 0.3) is 0 Å². The van der Waals surface area contributed by atoms with Gasteiger partial charge in [0.25, 0.3) is 0 Å². The number of piperidine rings is 1. The molecule has 1 aromatic rings. The van der Waals surface area contributed by atoms with E-state index in [4.69, 9.17) is 5.73 Å². The molecule has 0 atom stereocenters. The number of hydrogen-bond donors (Lipinski definition) is 2. The quantitative estimate of drug-likeness (QED) is 0.858. The first-order valence-electron chi connectivity index (χ1n) is 6.52. The van der Waals surface area contributed by atoms with Gasteiger partial charge < -0.3 is 5.73 Å². The van der Waals surface area contributed by atoms with Gasteiger partial charge in [-0.05, 0) is 38.6 Å². The molecule has 7 heteroatoms. The zero-order chi connectivity index (χ0) is 14.3. The Balaban J connectivity index is 2.24. The van der Waals surface area contributed by atoms with Crippen molar-refractivity contribution in [3.05, 3.63) is 11.4 Å². The fourth-order valence-electron chi connectivity index (χ4n) is 2.52. The smallest absolute Gasteiger partial charge is 0.246 e. The fourth-order valence-corrected chi connectivity index (χ4v) is 4.29. The zero-order valence-corrected chi connectivity index (χ0v) is 12.5. The van der Waals surface area contributed by atoms with Crippen molar-refractivity contribution in [2.45, 2.75) is 38.5 Å². The number of nitrogens with zero attached hydrogens (tertiary/aromatic N) is 2. The maximum absolute atomic E-state index is 12.6. The van der Waals surface area contributed by atoms with E-state index in [-0.39, 0.29) is 5.41 Å². The van der Waals surface area contributed by atoms with Gasteiger partial charge in [0.15, 0.2) is 0 Å². The highest BCUT2D eigenvalue weighted by atomic mass is 32.2. The van der Waals surface area contributed by atoms with Crippen LogP contribution in [0.15, 0.2) is 4.90 Å². The molecule has 0 spiro atoms. The molecule has 0 aromatic carbocycles. The number of sulfonamides is 1. The monoisotopic (exact) mass is 286 g/mol. The molecule has 0 bridgehead atoms. The van der Waals surface area contributed by atoms with Gasteiger partial charge in [-0.3, -0.25) is 5.10 Å². The van der Waals surface area contributed by atoms with E-state index in [1.54, 1.807) is 18.2 Å². The molecule has 108 valence electrons. The second-order valence-corrected chi connectivity index (χ2v) is 7.56. The Labute approximate surface area is 114 Å². The molecule has 1 saturated heterocycles. The predicted molar refractivity (Wildman–Crippen MR) is 73.2 cm³/mol. The van der Waals surface area contributed by atoms with Crippen molar-refractivity contribution in [1.82, 2.24) is 14.5 Å². The summed E-state index contributed by atoms with van der Waals surface area (Å²) in [6.07, 6.45) is 1.61. The maximum Gasteiger partial charge on any atom is 0.246 e. The third kappa shape index (κ3) is 2.54. The molecule has 1 aliphatic heterocycles. The van der Waals surface area contributed by atoms with Crippen molar-refractivity contribution in [3.8, 4) is 0 Å². The van der Waals surface area contributed by atoms with Gasteiger partial charge in [0.05, 0.1) is 11.4 Å². The molecule has 0 amide bonds. The lowest BCUT2D eigenvalue weighted by atomic mass is 9.81. The summed E-state index contributed by atoms with van der Waals surface area (Å²) < 4.78 is 26.8. The lowest BCUT2D eigenvalue weighted by molar-refractivity contribution is 0.182. The summed E-state index contributed by atoms with van der Waals surface area (Å²) in [7, 11) is -3.44. The van der Waals surface area contributed by atoms with Gasteiger partial charge >= 0.3 is 0 Å². The molecule has 1 aromatic heterocycles. The number of nitrogens with one attached hydrogen (secondary N) is 1. The first kappa shape index (κ1) is 14.5. The highest BCUT2D eigenvalue weighted by molar-refractivity contribution is 7.89. The van der Waals surface area contributed by atoms with Crippen LogP contribution < -0.4 is 5.73 Å². The topological polar surface area (TPSA) is 92.1 Å². The van der Waals surface area contributed by atoms with Gasteiger partial charge in [-0.2, -0.15) is 9.40 Å². The third-order valence-electron chi connectivity index (χ3n) is 4.08. The average molecular weight is 286 g/mol. The van der Waals surface area contributed by atoms with Crippen molar-refractivity contribution in [2.24, 2.45) is 11.1 Å². The van der Waals surface area contributed by atoms with Crippen LogP contribution in [0.4, 0.5) is 0 Å². The van der Waals surface area contributed by atoms with Crippen molar-refractivity contribution < 1.29 is 8.42 Å².